The lowest BCUT2D eigenvalue weighted by Crippen LogP contribution is -2.33. The number of esters is 1. The van der Waals surface area contributed by atoms with Crippen LogP contribution in [0.3, 0.4) is 0 Å². The summed E-state index contributed by atoms with van der Waals surface area (Å²) in [6, 6.07) is 35.6. The number of fused-ring (bicyclic) bond motifs is 6. The number of para-hydroxylation sites is 1. The summed E-state index contributed by atoms with van der Waals surface area (Å²) in [6.07, 6.45) is 2.13. The van der Waals surface area contributed by atoms with Gasteiger partial charge in [0.1, 0.15) is 17.2 Å². The molecule has 6 heteroatoms. The second-order valence-electron chi connectivity index (χ2n) is 10.9. The molecule has 2 heterocycles. The van der Waals surface area contributed by atoms with E-state index in [-0.39, 0.29) is 5.97 Å². The van der Waals surface area contributed by atoms with E-state index in [4.69, 9.17) is 14.2 Å². The van der Waals surface area contributed by atoms with E-state index in [1.54, 1.807) is 0 Å². The Morgan fingerprint density at radius 1 is 0.721 bits per heavy atom. The van der Waals surface area contributed by atoms with Crippen molar-refractivity contribution >= 4 is 28.7 Å². The molecule has 0 radical (unpaired) electrons. The predicted octanol–water partition coefficient (Wildman–Crippen LogP) is 9.23. The van der Waals surface area contributed by atoms with Crippen LogP contribution in [-0.2, 0) is 10.3 Å². The van der Waals surface area contributed by atoms with Crippen LogP contribution in [0.5, 0.6) is 17.2 Å². The van der Waals surface area contributed by atoms with Crippen LogP contribution in [0.2, 0.25) is 0 Å². The summed E-state index contributed by atoms with van der Waals surface area (Å²) in [6.45, 7) is 4.90. The summed E-state index contributed by atoms with van der Waals surface area (Å²) < 4.78 is 18.8. The topological polar surface area (TPSA) is 68.8 Å². The van der Waals surface area contributed by atoms with Crippen LogP contribution >= 0.6 is 0 Å². The van der Waals surface area contributed by atoms with Crippen LogP contribution in [-0.4, -0.2) is 12.6 Å². The van der Waals surface area contributed by atoms with E-state index in [0.717, 1.165) is 63.6 Å². The summed E-state index contributed by atoms with van der Waals surface area (Å²) >= 11 is 0. The fourth-order valence-corrected chi connectivity index (χ4v) is 5.84. The number of anilines is 4. The number of rotatable bonds is 8. The summed E-state index contributed by atoms with van der Waals surface area (Å²) in [7, 11) is 0. The van der Waals surface area contributed by atoms with Crippen LogP contribution in [0.4, 0.5) is 22.7 Å². The Bertz CT molecular complexity index is 1820. The highest BCUT2D eigenvalue weighted by molar-refractivity contribution is 5.97. The molecule has 0 aromatic heterocycles. The maximum absolute atomic E-state index is 13.3. The van der Waals surface area contributed by atoms with Gasteiger partial charge < -0.3 is 24.8 Å². The molecule has 0 aliphatic carbocycles. The van der Waals surface area contributed by atoms with Gasteiger partial charge in [0.25, 0.3) is 0 Å². The van der Waals surface area contributed by atoms with Gasteiger partial charge in [-0.1, -0.05) is 49.7 Å². The number of carbonyl (C=O) groups excluding carboxylic acids is 1. The van der Waals surface area contributed by atoms with Crippen LogP contribution in [0, 0.1) is 6.92 Å². The quantitative estimate of drug-likeness (QED) is 0.144. The first-order valence-corrected chi connectivity index (χ1v) is 14.7. The third kappa shape index (κ3) is 4.75. The zero-order valence-electron chi connectivity index (χ0n) is 24.1. The molecule has 2 aliphatic rings. The largest absolute Gasteiger partial charge is 0.494 e. The maximum atomic E-state index is 13.3. The van der Waals surface area contributed by atoms with Crippen molar-refractivity contribution in [1.82, 2.24) is 0 Å². The van der Waals surface area contributed by atoms with Gasteiger partial charge in [0.2, 0.25) is 0 Å². The predicted molar refractivity (Wildman–Crippen MR) is 169 cm³/mol. The van der Waals surface area contributed by atoms with E-state index in [1.807, 2.05) is 116 Å². The molecule has 0 fully saturated rings. The van der Waals surface area contributed by atoms with E-state index < -0.39 is 5.60 Å². The first kappa shape index (κ1) is 26.7. The van der Waals surface area contributed by atoms with Crippen molar-refractivity contribution < 1.29 is 19.0 Å². The van der Waals surface area contributed by atoms with Gasteiger partial charge >= 0.3 is 5.97 Å². The van der Waals surface area contributed by atoms with Crippen LogP contribution in [0.1, 0.15) is 52.4 Å². The van der Waals surface area contributed by atoms with Crippen molar-refractivity contribution in [1.29, 1.82) is 0 Å². The second-order valence-corrected chi connectivity index (χ2v) is 10.9. The van der Waals surface area contributed by atoms with Gasteiger partial charge in [-0.3, -0.25) is 0 Å². The first-order chi connectivity index (χ1) is 21.0. The Balaban J connectivity index is 1.29. The molecule has 0 amide bonds. The minimum absolute atomic E-state index is 0.351. The molecule has 0 bridgehead atoms. The molecule has 214 valence electrons. The first-order valence-electron chi connectivity index (χ1n) is 14.7. The van der Waals surface area contributed by atoms with Gasteiger partial charge in [-0.05, 0) is 85.6 Å². The van der Waals surface area contributed by atoms with Crippen molar-refractivity contribution in [3.05, 3.63) is 137 Å². The molecule has 0 saturated carbocycles. The summed E-state index contributed by atoms with van der Waals surface area (Å²) in [5.74, 6) is 1.78. The van der Waals surface area contributed by atoms with E-state index in [9.17, 15) is 4.79 Å². The van der Waals surface area contributed by atoms with Gasteiger partial charge in [0, 0.05) is 45.5 Å². The Labute approximate surface area is 251 Å². The Morgan fingerprint density at radius 3 is 2.26 bits per heavy atom. The van der Waals surface area contributed by atoms with Gasteiger partial charge in [0.05, 0.1) is 12.2 Å². The van der Waals surface area contributed by atoms with Crippen molar-refractivity contribution in [3.8, 4) is 17.2 Å². The highest BCUT2D eigenvalue weighted by atomic mass is 16.6. The summed E-state index contributed by atoms with van der Waals surface area (Å²) in [4.78, 5) is 13.3. The van der Waals surface area contributed by atoms with E-state index in [0.29, 0.717) is 23.7 Å². The highest BCUT2D eigenvalue weighted by Gasteiger charge is 2.53. The number of unbranched alkanes of at least 4 members (excludes halogenated alkanes) is 1. The molecule has 0 saturated heterocycles. The highest BCUT2D eigenvalue weighted by Crippen LogP contribution is 2.57. The van der Waals surface area contributed by atoms with E-state index in [2.05, 4.69) is 17.6 Å². The van der Waals surface area contributed by atoms with Gasteiger partial charge in [-0.15, -0.1) is 0 Å². The number of aryl methyl sites for hydroxylation is 1. The fourth-order valence-electron chi connectivity index (χ4n) is 5.84. The molecule has 5 aromatic carbocycles. The summed E-state index contributed by atoms with van der Waals surface area (Å²) in [5, 5.41) is 7.00. The SMILES string of the molecule is CCCCOc1ccc(Nc2ccc3c(c2)Oc2cc(C)c(Nc4ccccc4)cc2C32OC(=O)c3ccccc32)cc1. The molecule has 5 aromatic rings. The summed E-state index contributed by atoms with van der Waals surface area (Å²) in [5.41, 5.74) is 6.45. The Hall–Kier alpha value is -5.23. The van der Waals surface area contributed by atoms with E-state index >= 15 is 0 Å². The second kappa shape index (κ2) is 10.9. The standard InChI is InChI=1S/C37H32N2O4/c1-3-4-20-41-28-17-14-26(15-18-28)38-27-16-19-31-35(22-27)42-34-21-24(2)33(39-25-10-6-5-7-11-25)23-32(34)37(31)30-13-9-8-12-29(30)36(40)43-37/h5-19,21-23,38-39H,3-4,20H2,1-2H3. The zero-order chi connectivity index (χ0) is 29.4. The van der Waals surface area contributed by atoms with E-state index in [1.165, 1.54) is 0 Å². The van der Waals surface area contributed by atoms with Gasteiger partial charge in [0.15, 0.2) is 5.60 Å². The molecule has 2 N–H and O–H groups in total. The lowest BCUT2D eigenvalue weighted by atomic mass is 9.77. The number of nitrogens with one attached hydrogen (secondary N) is 2. The minimum atomic E-state index is -1.15. The molecule has 2 aliphatic heterocycles. The molecule has 43 heavy (non-hydrogen) atoms. The number of hydrogen-bond acceptors (Lipinski definition) is 6. The molecule has 1 unspecified atom stereocenters. The number of hydrogen-bond donors (Lipinski definition) is 2. The Kier molecular flexibility index (Phi) is 6.74. The number of benzene rings is 5. The lowest BCUT2D eigenvalue weighted by Gasteiger charge is -2.37. The maximum Gasteiger partial charge on any atom is 0.340 e. The van der Waals surface area contributed by atoms with Crippen molar-refractivity contribution in [2.45, 2.75) is 32.3 Å². The minimum Gasteiger partial charge on any atom is -0.494 e. The van der Waals surface area contributed by atoms with Crippen molar-refractivity contribution in [2.75, 3.05) is 17.2 Å². The van der Waals surface area contributed by atoms with Gasteiger partial charge in [-0.2, -0.15) is 0 Å². The fraction of sp³-hybridized carbons (Fsp3) is 0.162. The lowest BCUT2D eigenvalue weighted by molar-refractivity contribution is 0.0224. The molecule has 7 rings (SSSR count). The normalized spacial score (nSPS) is 16.0. The molecule has 1 atom stereocenters. The van der Waals surface area contributed by atoms with Crippen LogP contribution in [0.15, 0.2) is 109 Å². The third-order valence-corrected chi connectivity index (χ3v) is 8.02. The van der Waals surface area contributed by atoms with Crippen molar-refractivity contribution in [2.24, 2.45) is 0 Å². The van der Waals surface area contributed by atoms with Crippen LogP contribution in [0.25, 0.3) is 0 Å². The third-order valence-electron chi connectivity index (χ3n) is 8.02. The average molecular weight is 569 g/mol. The Morgan fingerprint density at radius 2 is 1.44 bits per heavy atom. The zero-order valence-corrected chi connectivity index (χ0v) is 24.1. The monoisotopic (exact) mass is 568 g/mol. The molecule has 1 spiro atoms. The molecule has 6 nitrogen and oxygen atoms in total. The molecular weight excluding hydrogens is 536 g/mol. The number of carbonyl (C=O) groups is 1. The van der Waals surface area contributed by atoms with Gasteiger partial charge in [-0.25, -0.2) is 4.79 Å². The molecular formula is C37H32N2O4. The van der Waals surface area contributed by atoms with Crippen LogP contribution < -0.4 is 20.1 Å². The number of ether oxygens (including phenoxy) is 3. The average Bonchev–Trinajstić information content (AvgIpc) is 3.32. The smallest absolute Gasteiger partial charge is 0.340 e. The van der Waals surface area contributed by atoms with Crippen molar-refractivity contribution in [3.63, 3.8) is 0 Å².